The summed E-state index contributed by atoms with van der Waals surface area (Å²) < 4.78 is 34.3. The van der Waals surface area contributed by atoms with Crippen LogP contribution in [0.4, 0.5) is 0 Å². The third-order valence-corrected chi connectivity index (χ3v) is 5.97. The van der Waals surface area contributed by atoms with Crippen molar-refractivity contribution >= 4 is 27.1 Å². The Morgan fingerprint density at radius 2 is 2.17 bits per heavy atom. The number of nitrogens with zero attached hydrogens (tertiary/aromatic N) is 3. The zero-order valence-corrected chi connectivity index (χ0v) is 15.0. The second-order valence-electron chi connectivity index (χ2n) is 5.32. The van der Waals surface area contributed by atoms with Gasteiger partial charge in [0, 0.05) is 45.1 Å². The highest BCUT2D eigenvalue weighted by molar-refractivity contribution is 7.95. The molecule has 1 fully saturated rings. The molecular weight excluding hydrogens is 336 g/mol. The maximum atomic E-state index is 12.2. The summed E-state index contributed by atoms with van der Waals surface area (Å²) in [5.74, 6) is 0.0192. The van der Waals surface area contributed by atoms with E-state index >= 15 is 0 Å². The predicted octanol–water partition coefficient (Wildman–Crippen LogP) is -0.0948. The van der Waals surface area contributed by atoms with Crippen molar-refractivity contribution in [2.45, 2.75) is 6.54 Å². The smallest absolute Gasteiger partial charge is 0.216 e. The lowest BCUT2D eigenvalue weighted by molar-refractivity contribution is 0.221. The van der Waals surface area contributed by atoms with Gasteiger partial charge >= 0.3 is 0 Å². The van der Waals surface area contributed by atoms with Gasteiger partial charge in [-0.05, 0) is 18.7 Å². The van der Waals surface area contributed by atoms with Crippen LogP contribution in [0, 0.1) is 0 Å². The number of hydrogen-bond donors (Lipinski definition) is 2. The molecule has 0 bridgehead atoms. The summed E-state index contributed by atoms with van der Waals surface area (Å²) in [4.78, 5) is 6.16. The number of sulfonamides is 1. The molecule has 1 aliphatic rings. The molecule has 0 spiro atoms. The minimum Gasteiger partial charge on any atom is -0.346 e. The predicted molar refractivity (Wildman–Crippen MR) is 94.9 cm³/mol. The van der Waals surface area contributed by atoms with Crippen molar-refractivity contribution in [3.8, 4) is 0 Å². The van der Waals surface area contributed by atoms with Crippen molar-refractivity contribution in [1.29, 1.82) is 0 Å². The first-order chi connectivity index (χ1) is 11.1. The molecule has 0 radical (unpaired) electrons. The second-order valence-corrected chi connectivity index (χ2v) is 8.19. The fourth-order valence-corrected chi connectivity index (χ4v) is 3.93. The SMILES string of the molecule is CN1CCN(S(=O)(=O)CCOC=[SH]NCc2cccnc2)CC1. The summed E-state index contributed by atoms with van der Waals surface area (Å²) in [6, 6.07) is 3.87. The Morgan fingerprint density at radius 1 is 1.39 bits per heavy atom. The number of thiol groups is 1. The molecule has 1 aromatic heterocycles. The molecule has 1 saturated heterocycles. The van der Waals surface area contributed by atoms with E-state index in [2.05, 4.69) is 14.6 Å². The molecule has 0 aliphatic carbocycles. The molecule has 0 unspecified atom stereocenters. The molecule has 1 aliphatic heterocycles. The molecule has 130 valence electrons. The monoisotopic (exact) mass is 360 g/mol. The van der Waals surface area contributed by atoms with Crippen LogP contribution in [0.25, 0.3) is 0 Å². The van der Waals surface area contributed by atoms with Gasteiger partial charge in [0.25, 0.3) is 0 Å². The standard InChI is InChI=1S/C14H24N4O3S2/c1-17-5-7-18(8-6-17)23(19,20)10-9-21-13-22-16-12-14-3-2-4-15-11-14/h2-4,11,13,16,22H,5-10,12H2,1H3. The fraction of sp³-hybridized carbons (Fsp3) is 0.571. The maximum absolute atomic E-state index is 12.2. The van der Waals surface area contributed by atoms with Gasteiger partial charge in [-0.25, -0.2) is 8.42 Å². The van der Waals surface area contributed by atoms with E-state index in [9.17, 15) is 8.42 Å². The van der Waals surface area contributed by atoms with E-state index in [0.717, 1.165) is 30.2 Å². The highest BCUT2D eigenvalue weighted by atomic mass is 32.2. The van der Waals surface area contributed by atoms with E-state index in [4.69, 9.17) is 4.74 Å². The first-order valence-electron chi connectivity index (χ1n) is 7.49. The molecule has 0 saturated carbocycles. The van der Waals surface area contributed by atoms with E-state index in [0.29, 0.717) is 19.6 Å². The van der Waals surface area contributed by atoms with Gasteiger partial charge in [-0.2, -0.15) is 4.31 Å². The van der Waals surface area contributed by atoms with E-state index in [1.165, 1.54) is 0 Å². The summed E-state index contributed by atoms with van der Waals surface area (Å²) >= 11 is 0.804. The van der Waals surface area contributed by atoms with E-state index in [1.807, 2.05) is 19.2 Å². The van der Waals surface area contributed by atoms with Crippen LogP contribution in [0.2, 0.25) is 0 Å². The van der Waals surface area contributed by atoms with Crippen LogP contribution in [0.3, 0.4) is 0 Å². The lowest BCUT2D eigenvalue weighted by Gasteiger charge is -2.31. The van der Waals surface area contributed by atoms with Crippen LogP contribution in [-0.2, 0) is 21.3 Å². The number of likely N-dealkylation sites (N-methyl/N-ethyl adjacent to an activating group) is 1. The van der Waals surface area contributed by atoms with Crippen LogP contribution in [0.1, 0.15) is 5.56 Å². The fourth-order valence-electron chi connectivity index (χ4n) is 2.12. The van der Waals surface area contributed by atoms with Crippen LogP contribution in [-0.4, -0.2) is 73.7 Å². The number of ether oxygens (including phenoxy) is 1. The normalized spacial score (nSPS) is 18.1. The number of pyridine rings is 1. The van der Waals surface area contributed by atoms with E-state index in [-0.39, 0.29) is 12.4 Å². The number of nitrogens with one attached hydrogen (secondary N) is 1. The third kappa shape index (κ3) is 6.66. The van der Waals surface area contributed by atoms with Crippen molar-refractivity contribution in [3.05, 3.63) is 30.1 Å². The minimum absolute atomic E-state index is 0.0192. The summed E-state index contributed by atoms with van der Waals surface area (Å²) in [6.45, 7) is 3.55. The summed E-state index contributed by atoms with van der Waals surface area (Å²) in [5.41, 5.74) is 2.67. The molecule has 9 heteroatoms. The molecule has 2 rings (SSSR count). The summed E-state index contributed by atoms with van der Waals surface area (Å²) in [6.07, 6.45) is 3.53. The third-order valence-electron chi connectivity index (χ3n) is 3.54. The molecule has 1 N–H and O–H groups in total. The molecule has 0 aromatic carbocycles. The van der Waals surface area contributed by atoms with Crippen molar-refractivity contribution in [2.24, 2.45) is 0 Å². The van der Waals surface area contributed by atoms with E-state index < -0.39 is 10.0 Å². The Balaban J connectivity index is 1.61. The van der Waals surface area contributed by atoms with Gasteiger partial charge in [-0.3, -0.25) is 9.71 Å². The van der Waals surface area contributed by atoms with Gasteiger partial charge in [0.1, 0.15) is 0 Å². The molecule has 2 heterocycles. The molecule has 0 atom stereocenters. The van der Waals surface area contributed by atoms with Crippen LogP contribution in [0.5, 0.6) is 0 Å². The molecule has 1 aromatic rings. The Hall–Kier alpha value is -0.840. The number of aromatic nitrogens is 1. The van der Waals surface area contributed by atoms with Crippen molar-refractivity contribution in [2.75, 3.05) is 45.6 Å². The van der Waals surface area contributed by atoms with Gasteiger partial charge in [-0.15, -0.1) is 11.5 Å². The van der Waals surface area contributed by atoms with Gasteiger partial charge in [0.2, 0.25) is 10.0 Å². The second kappa shape index (κ2) is 9.45. The zero-order chi connectivity index (χ0) is 16.5. The van der Waals surface area contributed by atoms with Crippen molar-refractivity contribution < 1.29 is 13.2 Å². The van der Waals surface area contributed by atoms with E-state index in [1.54, 1.807) is 22.3 Å². The minimum atomic E-state index is -3.21. The van der Waals surface area contributed by atoms with Crippen molar-refractivity contribution in [3.63, 3.8) is 0 Å². The van der Waals surface area contributed by atoms with Crippen LogP contribution >= 0.6 is 11.5 Å². The van der Waals surface area contributed by atoms with Gasteiger partial charge in [-0.1, -0.05) is 6.07 Å². The average molecular weight is 361 g/mol. The summed E-state index contributed by atoms with van der Waals surface area (Å²) in [5, 5.41) is 0. The summed E-state index contributed by atoms with van der Waals surface area (Å²) in [7, 11) is -1.21. The van der Waals surface area contributed by atoms with Gasteiger partial charge < -0.3 is 9.64 Å². The van der Waals surface area contributed by atoms with Gasteiger partial charge in [0.05, 0.1) is 17.9 Å². The number of rotatable bonds is 8. The Labute approximate surface area is 141 Å². The molecular formula is C14H24N4O3S2. The quantitative estimate of drug-likeness (QED) is 0.383. The Morgan fingerprint density at radius 3 is 2.87 bits per heavy atom. The number of piperazine rings is 1. The lowest BCUT2D eigenvalue weighted by atomic mass is 10.3. The number of hydrogen-bond acceptors (Lipinski definition) is 6. The van der Waals surface area contributed by atoms with Crippen LogP contribution in [0.15, 0.2) is 24.5 Å². The molecule has 7 nitrogen and oxygen atoms in total. The largest absolute Gasteiger partial charge is 0.346 e. The first-order valence-corrected chi connectivity index (χ1v) is 10.1. The molecule has 23 heavy (non-hydrogen) atoms. The molecule has 0 amide bonds. The average Bonchev–Trinajstić information content (AvgIpc) is 2.55. The highest BCUT2D eigenvalue weighted by Crippen LogP contribution is 2.06. The Bertz CT molecular complexity index is 587. The highest BCUT2D eigenvalue weighted by Gasteiger charge is 2.25. The van der Waals surface area contributed by atoms with Gasteiger partial charge in [0.15, 0.2) is 0 Å². The van der Waals surface area contributed by atoms with Crippen molar-refractivity contribution in [1.82, 2.24) is 18.9 Å². The topological polar surface area (TPSA) is 74.8 Å². The Kier molecular flexibility index (Phi) is 7.60. The zero-order valence-electron chi connectivity index (χ0n) is 13.3. The first kappa shape index (κ1) is 18.5. The maximum Gasteiger partial charge on any atom is 0.216 e. The lowest BCUT2D eigenvalue weighted by Crippen LogP contribution is -2.48. The van der Waals surface area contributed by atoms with Crippen LogP contribution < -0.4 is 4.72 Å².